The average molecular weight is 362 g/mol. The molecule has 128 valence electrons. The smallest absolute Gasteiger partial charge is 0.330 e. The fourth-order valence-corrected chi connectivity index (χ4v) is 5.42. The van der Waals surface area contributed by atoms with Crippen molar-refractivity contribution in [3.63, 3.8) is 0 Å². The van der Waals surface area contributed by atoms with E-state index in [-0.39, 0.29) is 30.8 Å². The molecular weight excluding hydrogens is 343 g/mol. The number of aromatic amines is 1. The molecule has 10 heteroatoms. The Hall–Kier alpha value is -0.830. The minimum atomic E-state index is -2.81. The summed E-state index contributed by atoms with van der Waals surface area (Å²) in [7, 11) is 0. The molecule has 3 heterocycles. The van der Waals surface area contributed by atoms with E-state index >= 15 is 0 Å². The summed E-state index contributed by atoms with van der Waals surface area (Å²) in [6.45, 7) is 3.09. The topological polar surface area (TPSA) is 91.8 Å². The lowest BCUT2D eigenvalue weighted by molar-refractivity contribution is -0.0652. The van der Waals surface area contributed by atoms with Gasteiger partial charge in [0.1, 0.15) is 18.4 Å². The third-order valence-electron chi connectivity index (χ3n) is 3.76. The first-order chi connectivity index (χ1) is 10.8. The number of H-pyrrole nitrogens is 1. The van der Waals surface area contributed by atoms with Crippen LogP contribution in [0.2, 0.25) is 0 Å². The Morgan fingerprint density at radius 1 is 1.48 bits per heavy atom. The van der Waals surface area contributed by atoms with Crippen molar-refractivity contribution in [2.75, 3.05) is 6.61 Å². The van der Waals surface area contributed by atoms with Crippen LogP contribution < -0.4 is 11.2 Å². The van der Waals surface area contributed by atoms with Crippen molar-refractivity contribution in [2.45, 2.75) is 45.3 Å². The van der Waals surface area contributed by atoms with Crippen molar-refractivity contribution in [1.29, 1.82) is 0 Å². The minimum absolute atomic E-state index is 0.104. The lowest BCUT2D eigenvalue weighted by atomic mass is 10.0. The van der Waals surface area contributed by atoms with Crippen LogP contribution in [0.15, 0.2) is 21.9 Å². The number of nitrogens with one attached hydrogen (secondary N) is 1. The van der Waals surface area contributed by atoms with E-state index in [1.165, 1.54) is 16.8 Å². The second-order valence-corrected chi connectivity index (χ2v) is 8.82. The van der Waals surface area contributed by atoms with Gasteiger partial charge in [0.25, 0.3) is 5.56 Å². The number of hydrogen-bond acceptors (Lipinski definition) is 7. The van der Waals surface area contributed by atoms with Gasteiger partial charge in [0, 0.05) is 18.2 Å². The molecule has 1 N–H and O–H groups in total. The fraction of sp³-hybridized carbons (Fsp3) is 0.692. The highest BCUT2D eigenvalue weighted by Gasteiger charge is 2.50. The molecule has 8 nitrogen and oxygen atoms in total. The maximum atomic E-state index is 12.0. The first-order valence-corrected chi connectivity index (χ1v) is 9.93. The summed E-state index contributed by atoms with van der Waals surface area (Å²) >= 11 is 5.38. The van der Waals surface area contributed by atoms with Crippen LogP contribution >= 0.6 is 6.72 Å². The molecular formula is C13H19N2O6PS. The number of aromatic nitrogens is 2. The maximum absolute atomic E-state index is 12.0. The van der Waals surface area contributed by atoms with Gasteiger partial charge in [0.05, 0.1) is 12.7 Å². The first kappa shape index (κ1) is 17.0. The monoisotopic (exact) mass is 362 g/mol. The maximum Gasteiger partial charge on any atom is 0.330 e. The third kappa shape index (κ3) is 3.35. The van der Waals surface area contributed by atoms with E-state index in [1.807, 2.05) is 20.8 Å². The summed E-state index contributed by atoms with van der Waals surface area (Å²) in [4.78, 5) is 25.4. The van der Waals surface area contributed by atoms with E-state index < -0.39 is 24.2 Å². The standard InChI is InChI=1S/C13H19N2O6PS/c1-7(2)20-22(23)18-6-9-11(21-22)8(3)12(19-9)15-5-4-10(16)14-13(15)17/h4-5,7-9,11-12H,6H2,1-3H3,(H,14,16,17)/t8-,9+,11-,12+,22?/m0/s1. The zero-order valence-corrected chi connectivity index (χ0v) is 14.7. The first-order valence-electron chi connectivity index (χ1n) is 7.37. The van der Waals surface area contributed by atoms with Gasteiger partial charge in [0.15, 0.2) is 0 Å². The number of ether oxygens (including phenoxy) is 1. The van der Waals surface area contributed by atoms with Crippen molar-refractivity contribution >= 4 is 18.5 Å². The minimum Gasteiger partial charge on any atom is -0.349 e. The summed E-state index contributed by atoms with van der Waals surface area (Å²) in [6.07, 6.45) is 0.102. The van der Waals surface area contributed by atoms with E-state index in [2.05, 4.69) is 4.98 Å². The lowest BCUT2D eigenvalue weighted by Gasteiger charge is -2.34. The van der Waals surface area contributed by atoms with Gasteiger partial charge < -0.3 is 18.3 Å². The van der Waals surface area contributed by atoms with Crippen LogP contribution in [0.25, 0.3) is 0 Å². The number of nitrogens with zero attached hydrogens (tertiary/aromatic N) is 1. The van der Waals surface area contributed by atoms with Crippen molar-refractivity contribution in [3.05, 3.63) is 33.1 Å². The molecule has 5 atom stereocenters. The van der Waals surface area contributed by atoms with Crippen molar-refractivity contribution in [3.8, 4) is 0 Å². The summed E-state index contributed by atoms with van der Waals surface area (Å²) in [5.41, 5.74) is -0.971. The molecule has 0 radical (unpaired) electrons. The Morgan fingerprint density at radius 2 is 2.22 bits per heavy atom. The summed E-state index contributed by atoms with van der Waals surface area (Å²) < 4.78 is 24.4. The molecule has 23 heavy (non-hydrogen) atoms. The Kier molecular flexibility index (Phi) is 4.61. The molecule has 2 fully saturated rings. The molecule has 1 unspecified atom stereocenters. The molecule has 2 aliphatic heterocycles. The molecule has 0 aliphatic carbocycles. The Balaban J connectivity index is 1.83. The van der Waals surface area contributed by atoms with Crippen LogP contribution in [0.1, 0.15) is 27.0 Å². The van der Waals surface area contributed by atoms with Crippen LogP contribution in [0, 0.1) is 5.92 Å². The predicted octanol–water partition coefficient (Wildman–Crippen LogP) is 1.14. The van der Waals surface area contributed by atoms with E-state index in [0.717, 1.165) is 0 Å². The van der Waals surface area contributed by atoms with Crippen LogP contribution in [0.4, 0.5) is 0 Å². The van der Waals surface area contributed by atoms with Gasteiger partial charge >= 0.3 is 12.4 Å². The molecule has 0 aromatic carbocycles. The Bertz CT molecular complexity index is 746. The second-order valence-electron chi connectivity index (χ2n) is 5.91. The van der Waals surface area contributed by atoms with Crippen molar-refractivity contribution in [2.24, 2.45) is 5.92 Å². The highest BCUT2D eigenvalue weighted by Crippen LogP contribution is 2.58. The molecule has 2 aliphatic rings. The number of rotatable bonds is 3. The summed E-state index contributed by atoms with van der Waals surface area (Å²) in [5.74, 6) is -0.148. The Morgan fingerprint density at radius 3 is 2.87 bits per heavy atom. The molecule has 1 aromatic rings. The highest BCUT2D eigenvalue weighted by atomic mass is 32.5. The number of hydrogen-bond donors (Lipinski definition) is 1. The third-order valence-corrected chi connectivity index (χ3v) is 6.24. The quantitative estimate of drug-likeness (QED) is 0.806. The average Bonchev–Trinajstić information content (AvgIpc) is 2.75. The van der Waals surface area contributed by atoms with Gasteiger partial charge in [-0.05, 0) is 25.7 Å². The highest BCUT2D eigenvalue weighted by molar-refractivity contribution is 8.07. The zero-order valence-electron chi connectivity index (χ0n) is 13.0. The predicted molar refractivity (Wildman–Crippen MR) is 85.7 cm³/mol. The van der Waals surface area contributed by atoms with E-state index in [0.29, 0.717) is 0 Å². The summed E-state index contributed by atoms with van der Waals surface area (Å²) in [5, 5.41) is 0. The van der Waals surface area contributed by atoms with Gasteiger partial charge in [-0.15, -0.1) is 0 Å². The normalized spacial score (nSPS) is 37.0. The van der Waals surface area contributed by atoms with Gasteiger partial charge in [0.2, 0.25) is 0 Å². The van der Waals surface area contributed by atoms with E-state index in [4.69, 9.17) is 30.1 Å². The van der Waals surface area contributed by atoms with Crippen molar-refractivity contribution in [1.82, 2.24) is 9.55 Å². The second kappa shape index (κ2) is 6.23. The van der Waals surface area contributed by atoms with E-state index in [9.17, 15) is 9.59 Å². The molecule has 0 bridgehead atoms. The van der Waals surface area contributed by atoms with Crippen molar-refractivity contribution < 1.29 is 18.3 Å². The van der Waals surface area contributed by atoms with E-state index in [1.54, 1.807) is 0 Å². The SMILES string of the molecule is CC(C)OP1(=S)OC[C@H]2O[C@@H](n3ccc(=O)[nH]c3=O)[C@@H](C)[C@@H]2O1. The fourth-order valence-electron chi connectivity index (χ4n) is 2.78. The van der Waals surface area contributed by atoms with Gasteiger partial charge in [-0.1, -0.05) is 6.92 Å². The molecule has 1 aromatic heterocycles. The Labute approximate surface area is 138 Å². The summed E-state index contributed by atoms with van der Waals surface area (Å²) in [6, 6.07) is 1.28. The van der Waals surface area contributed by atoms with Gasteiger partial charge in [-0.2, -0.15) is 0 Å². The molecule has 3 rings (SSSR count). The van der Waals surface area contributed by atoms with Gasteiger partial charge in [-0.3, -0.25) is 14.3 Å². The largest absolute Gasteiger partial charge is 0.349 e. The number of fused-ring (bicyclic) bond motifs is 1. The van der Waals surface area contributed by atoms with Crippen LogP contribution in [0.3, 0.4) is 0 Å². The molecule has 0 saturated carbocycles. The molecule has 0 amide bonds. The molecule has 2 saturated heterocycles. The molecule has 0 spiro atoms. The van der Waals surface area contributed by atoms with Gasteiger partial charge in [-0.25, -0.2) is 4.79 Å². The lowest BCUT2D eigenvalue weighted by Crippen LogP contribution is -2.36. The van der Waals surface area contributed by atoms with Crippen LogP contribution in [-0.4, -0.2) is 34.5 Å². The zero-order chi connectivity index (χ0) is 16.8. The van der Waals surface area contributed by atoms with Crippen LogP contribution in [-0.2, 0) is 30.1 Å². The van der Waals surface area contributed by atoms with Crippen LogP contribution in [0.5, 0.6) is 0 Å².